The maximum absolute atomic E-state index is 13.3. The molecule has 0 saturated heterocycles. The molecule has 1 N–H and O–H groups in total. The van der Waals surface area contributed by atoms with Crippen LogP contribution >= 0.6 is 11.3 Å². The van der Waals surface area contributed by atoms with Crippen LogP contribution in [0, 0.1) is 6.92 Å². The Hall–Kier alpha value is -3.92. The van der Waals surface area contributed by atoms with Crippen molar-refractivity contribution in [3.8, 4) is 11.5 Å². The third-order valence-electron chi connectivity index (χ3n) is 4.86. The summed E-state index contributed by atoms with van der Waals surface area (Å²) in [6.07, 6.45) is 2.96. The van der Waals surface area contributed by atoms with E-state index in [-0.39, 0.29) is 23.1 Å². The molecular weight excluding hydrogens is 446 g/mol. The normalized spacial score (nSPS) is 15.8. The number of ketones is 1. The lowest BCUT2D eigenvalue weighted by Crippen LogP contribution is -2.31. The van der Waals surface area contributed by atoms with Gasteiger partial charge >= 0.3 is 0 Å². The minimum atomic E-state index is -0.977. The van der Waals surface area contributed by atoms with E-state index in [1.165, 1.54) is 28.6 Å². The lowest BCUT2D eigenvalue weighted by molar-refractivity contribution is -0.117. The maximum Gasteiger partial charge on any atom is 0.296 e. The Morgan fingerprint density at radius 2 is 2.12 bits per heavy atom. The molecule has 1 aromatic carbocycles. The number of carbonyl (C=O) groups excluding carboxylic acids is 2. The minimum absolute atomic E-state index is 0.000567. The Kier molecular flexibility index (Phi) is 6.27. The molecule has 2 aromatic heterocycles. The number of rotatable bonds is 9. The molecule has 1 amide bonds. The van der Waals surface area contributed by atoms with Gasteiger partial charge in [-0.25, -0.2) is 0 Å². The van der Waals surface area contributed by atoms with Crippen molar-refractivity contribution in [1.82, 2.24) is 10.2 Å². The zero-order valence-corrected chi connectivity index (χ0v) is 18.8. The Bertz CT molecular complexity index is 1230. The highest BCUT2D eigenvalue weighted by atomic mass is 32.1. The summed E-state index contributed by atoms with van der Waals surface area (Å²) in [5.74, 6) is -1.12. The highest BCUT2D eigenvalue weighted by Crippen LogP contribution is 2.44. The fourth-order valence-corrected chi connectivity index (χ4v) is 4.22. The molecule has 0 aliphatic carbocycles. The van der Waals surface area contributed by atoms with Crippen molar-refractivity contribution in [3.63, 3.8) is 0 Å². The first-order valence-electron chi connectivity index (χ1n) is 10.1. The average Bonchev–Trinajstić information content (AvgIpc) is 3.54. The number of aryl methyl sites for hydroxylation is 1. The van der Waals surface area contributed by atoms with E-state index in [2.05, 4.69) is 16.8 Å². The number of ether oxygens (including phenoxy) is 2. The molecule has 1 atom stereocenters. The summed E-state index contributed by atoms with van der Waals surface area (Å²) in [5.41, 5.74) is 0.398. The molecule has 0 radical (unpaired) electrons. The van der Waals surface area contributed by atoms with Crippen LogP contribution in [0.25, 0.3) is 0 Å². The smallest absolute Gasteiger partial charge is 0.296 e. The van der Waals surface area contributed by atoms with Crippen LogP contribution in [0.1, 0.15) is 34.1 Å². The molecular formula is C23H21N3O6S. The Balaban J connectivity index is 1.86. The summed E-state index contributed by atoms with van der Waals surface area (Å²) >= 11 is 1.17. The van der Waals surface area contributed by atoms with Gasteiger partial charge in [-0.05, 0) is 43.7 Å². The zero-order chi connectivity index (χ0) is 23.5. The van der Waals surface area contributed by atoms with E-state index in [4.69, 9.17) is 13.9 Å². The van der Waals surface area contributed by atoms with Crippen molar-refractivity contribution in [1.29, 1.82) is 0 Å². The van der Waals surface area contributed by atoms with Gasteiger partial charge < -0.3 is 19.0 Å². The van der Waals surface area contributed by atoms with E-state index >= 15 is 0 Å². The van der Waals surface area contributed by atoms with Crippen LogP contribution in [0.15, 0.2) is 65.0 Å². The molecule has 0 saturated carbocycles. The summed E-state index contributed by atoms with van der Waals surface area (Å²) < 4.78 is 16.6. The first-order valence-corrected chi connectivity index (χ1v) is 10.9. The number of aromatic nitrogens is 2. The highest BCUT2D eigenvalue weighted by molar-refractivity contribution is 7.15. The van der Waals surface area contributed by atoms with Crippen LogP contribution < -0.4 is 14.4 Å². The summed E-state index contributed by atoms with van der Waals surface area (Å²) in [4.78, 5) is 27.6. The topological polar surface area (TPSA) is 115 Å². The van der Waals surface area contributed by atoms with Gasteiger partial charge in [-0.15, -0.1) is 10.2 Å². The molecule has 3 aromatic rings. The van der Waals surface area contributed by atoms with E-state index < -0.39 is 23.5 Å². The van der Waals surface area contributed by atoms with Crippen LogP contribution in [-0.4, -0.2) is 40.2 Å². The number of Topliss-reactive ketones (excluding diaryl/α,β-unsaturated/α-hetero) is 1. The predicted molar refractivity (Wildman–Crippen MR) is 121 cm³/mol. The van der Waals surface area contributed by atoms with Crippen LogP contribution in [0.2, 0.25) is 0 Å². The van der Waals surface area contributed by atoms with Crippen molar-refractivity contribution >= 4 is 28.2 Å². The van der Waals surface area contributed by atoms with Crippen LogP contribution in [0.4, 0.5) is 5.13 Å². The standard InChI is InChI=1S/C23H21N3O6S/c1-4-10-31-15-9-8-14(12-17(15)30-5-2)19-18(20(27)16-7-6-11-32-16)21(28)22(29)26(19)23-25-24-13(3)33-23/h4,6-9,11-12,19,28H,1,5,10H2,2-3H3. The van der Waals surface area contributed by atoms with Gasteiger partial charge in [-0.3, -0.25) is 14.5 Å². The first kappa shape index (κ1) is 22.3. The number of furan rings is 1. The first-order chi connectivity index (χ1) is 16.0. The van der Waals surface area contributed by atoms with Gasteiger partial charge in [0.15, 0.2) is 23.0 Å². The molecule has 0 fully saturated rings. The van der Waals surface area contributed by atoms with Crippen LogP contribution in [-0.2, 0) is 4.79 Å². The molecule has 3 heterocycles. The Morgan fingerprint density at radius 1 is 1.30 bits per heavy atom. The number of benzene rings is 1. The van der Waals surface area contributed by atoms with Crippen LogP contribution in [0.3, 0.4) is 0 Å². The van der Waals surface area contributed by atoms with Gasteiger partial charge in [0, 0.05) is 0 Å². The van der Waals surface area contributed by atoms with E-state index in [0.717, 1.165) is 0 Å². The number of aliphatic hydroxyl groups is 1. The second kappa shape index (κ2) is 9.29. The van der Waals surface area contributed by atoms with Crippen molar-refractivity contribution < 1.29 is 28.6 Å². The number of hydrogen-bond acceptors (Lipinski definition) is 9. The van der Waals surface area contributed by atoms with Gasteiger partial charge in [0.25, 0.3) is 5.91 Å². The van der Waals surface area contributed by atoms with Gasteiger partial charge in [0.2, 0.25) is 10.9 Å². The second-order valence-electron chi connectivity index (χ2n) is 6.99. The second-order valence-corrected chi connectivity index (χ2v) is 8.15. The summed E-state index contributed by atoms with van der Waals surface area (Å²) in [6, 6.07) is 7.11. The monoisotopic (exact) mass is 467 g/mol. The number of nitrogens with zero attached hydrogens (tertiary/aromatic N) is 3. The SMILES string of the molecule is C=CCOc1ccc(C2C(C(=O)c3ccco3)=C(O)C(=O)N2c2nnc(C)s2)cc1OCC. The van der Waals surface area contributed by atoms with Crippen LogP contribution in [0.5, 0.6) is 11.5 Å². The minimum Gasteiger partial charge on any atom is -0.503 e. The van der Waals surface area contributed by atoms with Crippen molar-refractivity contribution in [2.75, 3.05) is 18.1 Å². The van der Waals surface area contributed by atoms with Crippen molar-refractivity contribution in [2.24, 2.45) is 0 Å². The van der Waals surface area contributed by atoms with Gasteiger partial charge in [0.1, 0.15) is 11.6 Å². The number of anilines is 1. The summed E-state index contributed by atoms with van der Waals surface area (Å²) in [7, 11) is 0. The van der Waals surface area contributed by atoms with Gasteiger partial charge in [-0.1, -0.05) is 30.1 Å². The van der Waals surface area contributed by atoms with Gasteiger partial charge in [0.05, 0.1) is 24.5 Å². The summed E-state index contributed by atoms with van der Waals surface area (Å²) in [6.45, 7) is 7.87. The zero-order valence-electron chi connectivity index (χ0n) is 18.0. The number of hydrogen-bond donors (Lipinski definition) is 1. The third kappa shape index (κ3) is 4.12. The van der Waals surface area contributed by atoms with Gasteiger partial charge in [-0.2, -0.15) is 0 Å². The quantitative estimate of drug-likeness (QED) is 0.368. The van der Waals surface area contributed by atoms with E-state index in [9.17, 15) is 14.7 Å². The largest absolute Gasteiger partial charge is 0.503 e. The molecule has 4 rings (SSSR count). The predicted octanol–water partition coefficient (Wildman–Crippen LogP) is 4.19. The van der Waals surface area contributed by atoms with E-state index in [0.29, 0.717) is 28.7 Å². The molecule has 0 bridgehead atoms. The molecule has 1 unspecified atom stereocenters. The number of aliphatic hydroxyl groups excluding tert-OH is 1. The van der Waals surface area contributed by atoms with E-state index in [1.807, 2.05) is 6.92 Å². The Labute approximate surface area is 193 Å². The number of amides is 1. The third-order valence-corrected chi connectivity index (χ3v) is 5.70. The molecule has 1 aliphatic rings. The molecule has 10 heteroatoms. The fourth-order valence-electron chi connectivity index (χ4n) is 3.50. The molecule has 33 heavy (non-hydrogen) atoms. The lowest BCUT2D eigenvalue weighted by Gasteiger charge is -2.24. The summed E-state index contributed by atoms with van der Waals surface area (Å²) in [5, 5.41) is 19.7. The molecule has 9 nitrogen and oxygen atoms in total. The number of carbonyl (C=O) groups is 2. The van der Waals surface area contributed by atoms with Crippen molar-refractivity contribution in [3.05, 3.63) is 76.9 Å². The molecule has 1 aliphatic heterocycles. The van der Waals surface area contributed by atoms with Crippen molar-refractivity contribution in [2.45, 2.75) is 19.9 Å². The lowest BCUT2D eigenvalue weighted by atomic mass is 9.95. The maximum atomic E-state index is 13.3. The Morgan fingerprint density at radius 3 is 2.76 bits per heavy atom. The highest BCUT2D eigenvalue weighted by Gasteiger charge is 2.46. The fraction of sp³-hybridized carbons (Fsp3) is 0.217. The average molecular weight is 468 g/mol. The molecule has 170 valence electrons. The molecule has 0 spiro atoms. The van der Waals surface area contributed by atoms with E-state index in [1.54, 1.807) is 37.3 Å².